The minimum atomic E-state index is -0.235. The zero-order chi connectivity index (χ0) is 21.9. The van der Waals surface area contributed by atoms with E-state index in [0.29, 0.717) is 13.1 Å². The summed E-state index contributed by atoms with van der Waals surface area (Å²) in [5.41, 5.74) is 4.29. The summed E-state index contributed by atoms with van der Waals surface area (Å²) in [6.07, 6.45) is 2.92. The molecule has 7 heteroatoms. The standard InChI is InChI=1S/C25H26N6O/c26-14-15-30-16-21(18-8-3-1-4-9-18)23(17-30)27-25(32)28-24-20-12-7-13-22(20)29-31(24)19-10-5-2-6-11-19/h1-6,8-11,21,23H,7,12-13,15-17H2,(H2,27,28,32)/t21?,23-/m1/s1. The van der Waals surface area contributed by atoms with Crippen molar-refractivity contribution in [2.75, 3.05) is 25.0 Å². The highest BCUT2D eigenvalue weighted by atomic mass is 16.2. The van der Waals surface area contributed by atoms with Gasteiger partial charge in [0, 0.05) is 24.6 Å². The van der Waals surface area contributed by atoms with Gasteiger partial charge in [-0.3, -0.25) is 10.2 Å². The minimum absolute atomic E-state index is 0.0769. The number of amides is 2. The van der Waals surface area contributed by atoms with Gasteiger partial charge in [0.1, 0.15) is 5.82 Å². The molecule has 0 bridgehead atoms. The molecule has 1 unspecified atom stereocenters. The van der Waals surface area contributed by atoms with Crippen molar-refractivity contribution in [2.24, 2.45) is 0 Å². The molecule has 3 aromatic rings. The first-order valence-electron chi connectivity index (χ1n) is 11.1. The van der Waals surface area contributed by atoms with E-state index in [4.69, 9.17) is 10.4 Å². The molecule has 1 aromatic heterocycles. The number of rotatable bonds is 5. The summed E-state index contributed by atoms with van der Waals surface area (Å²) >= 11 is 0. The fourth-order valence-corrected chi connectivity index (χ4v) is 4.89. The Kier molecular flexibility index (Phi) is 5.61. The summed E-state index contributed by atoms with van der Waals surface area (Å²) in [6, 6.07) is 22.0. The third-order valence-corrected chi connectivity index (χ3v) is 6.37. The normalized spacial score (nSPS) is 20.0. The van der Waals surface area contributed by atoms with Crippen LogP contribution in [0.3, 0.4) is 0 Å². The van der Waals surface area contributed by atoms with Crippen LogP contribution in [0.5, 0.6) is 0 Å². The van der Waals surface area contributed by atoms with Crippen LogP contribution in [0.15, 0.2) is 60.7 Å². The van der Waals surface area contributed by atoms with Crippen molar-refractivity contribution in [1.82, 2.24) is 20.0 Å². The Balaban J connectivity index is 1.37. The number of carbonyl (C=O) groups is 1. The van der Waals surface area contributed by atoms with E-state index in [9.17, 15) is 4.79 Å². The summed E-state index contributed by atoms with van der Waals surface area (Å²) in [4.78, 5) is 15.2. The lowest BCUT2D eigenvalue weighted by atomic mass is 9.94. The molecular weight excluding hydrogens is 400 g/mol. The molecule has 162 valence electrons. The monoisotopic (exact) mass is 426 g/mol. The lowest BCUT2D eigenvalue weighted by molar-refractivity contribution is 0.247. The second-order valence-electron chi connectivity index (χ2n) is 8.45. The van der Waals surface area contributed by atoms with Crippen LogP contribution in [-0.4, -0.2) is 46.4 Å². The van der Waals surface area contributed by atoms with E-state index in [1.807, 2.05) is 53.2 Å². The number of hydrogen-bond acceptors (Lipinski definition) is 4. The number of anilines is 1. The molecule has 1 saturated heterocycles. The molecule has 1 aliphatic carbocycles. The van der Waals surface area contributed by atoms with E-state index in [1.165, 1.54) is 5.56 Å². The van der Waals surface area contributed by atoms with E-state index in [-0.39, 0.29) is 18.0 Å². The van der Waals surface area contributed by atoms with E-state index >= 15 is 0 Å². The molecular formula is C25H26N6O. The van der Waals surface area contributed by atoms with Crippen LogP contribution in [-0.2, 0) is 12.8 Å². The molecule has 2 amide bonds. The molecule has 1 fully saturated rings. The Morgan fingerprint density at radius 1 is 1.06 bits per heavy atom. The van der Waals surface area contributed by atoms with Gasteiger partial charge in [-0.2, -0.15) is 10.4 Å². The second kappa shape index (κ2) is 8.85. The fourth-order valence-electron chi connectivity index (χ4n) is 4.89. The number of aryl methyl sites for hydroxylation is 1. The van der Waals surface area contributed by atoms with Gasteiger partial charge in [0.25, 0.3) is 0 Å². The molecule has 1 aliphatic heterocycles. The number of carbonyl (C=O) groups excluding carboxylic acids is 1. The summed E-state index contributed by atoms with van der Waals surface area (Å²) in [5, 5.41) is 20.2. The average Bonchev–Trinajstić information content (AvgIpc) is 3.51. The summed E-state index contributed by atoms with van der Waals surface area (Å²) in [5.74, 6) is 0.893. The van der Waals surface area contributed by atoms with Crippen molar-refractivity contribution in [3.63, 3.8) is 0 Å². The number of nitriles is 1. The van der Waals surface area contributed by atoms with E-state index in [2.05, 4.69) is 33.7 Å². The Morgan fingerprint density at radius 3 is 2.56 bits per heavy atom. The summed E-state index contributed by atoms with van der Waals surface area (Å²) in [7, 11) is 0. The van der Waals surface area contributed by atoms with Crippen LogP contribution in [0, 0.1) is 11.3 Å². The van der Waals surface area contributed by atoms with Crippen molar-refractivity contribution in [3.05, 3.63) is 77.5 Å². The molecule has 0 radical (unpaired) electrons. The number of aromatic nitrogens is 2. The molecule has 2 heterocycles. The number of benzene rings is 2. The SMILES string of the molecule is N#CCN1CC(c2ccccc2)[C@H](NC(=O)Nc2c3c(nn2-c2ccccc2)CCC3)C1. The molecule has 32 heavy (non-hydrogen) atoms. The van der Waals surface area contributed by atoms with Gasteiger partial charge in [0.15, 0.2) is 0 Å². The zero-order valence-electron chi connectivity index (χ0n) is 17.9. The molecule has 2 N–H and O–H groups in total. The number of nitrogens with zero attached hydrogens (tertiary/aromatic N) is 4. The van der Waals surface area contributed by atoms with Crippen LogP contribution < -0.4 is 10.6 Å². The highest BCUT2D eigenvalue weighted by molar-refractivity contribution is 5.90. The second-order valence-corrected chi connectivity index (χ2v) is 8.45. The lowest BCUT2D eigenvalue weighted by Gasteiger charge is -2.21. The van der Waals surface area contributed by atoms with Crippen molar-refractivity contribution < 1.29 is 4.79 Å². The van der Waals surface area contributed by atoms with Crippen molar-refractivity contribution >= 4 is 11.8 Å². The van der Waals surface area contributed by atoms with Crippen LogP contribution in [0.4, 0.5) is 10.6 Å². The predicted octanol–water partition coefficient (Wildman–Crippen LogP) is 3.47. The molecule has 2 aromatic carbocycles. The van der Waals surface area contributed by atoms with E-state index in [1.54, 1.807) is 0 Å². The number of fused-ring (bicyclic) bond motifs is 1. The van der Waals surface area contributed by atoms with Gasteiger partial charge in [0.05, 0.1) is 30.0 Å². The Morgan fingerprint density at radius 2 is 1.81 bits per heavy atom. The van der Waals surface area contributed by atoms with Crippen LogP contribution in [0.2, 0.25) is 0 Å². The number of hydrogen-bond donors (Lipinski definition) is 2. The number of nitrogens with one attached hydrogen (secondary N) is 2. The lowest BCUT2D eigenvalue weighted by Crippen LogP contribution is -2.42. The smallest absolute Gasteiger partial charge is 0.320 e. The van der Waals surface area contributed by atoms with Gasteiger partial charge in [-0.05, 0) is 37.0 Å². The number of para-hydroxylation sites is 1. The first-order valence-corrected chi connectivity index (χ1v) is 11.1. The Labute approximate surface area is 187 Å². The summed E-state index contributed by atoms with van der Waals surface area (Å²) in [6.45, 7) is 1.76. The largest absolute Gasteiger partial charge is 0.333 e. The number of likely N-dealkylation sites (tertiary alicyclic amines) is 1. The maximum atomic E-state index is 13.1. The fraction of sp³-hybridized carbons (Fsp3) is 0.320. The molecule has 7 nitrogen and oxygen atoms in total. The third kappa shape index (κ3) is 3.97. The van der Waals surface area contributed by atoms with Gasteiger partial charge in [-0.15, -0.1) is 0 Å². The summed E-state index contributed by atoms with van der Waals surface area (Å²) < 4.78 is 1.84. The van der Waals surface area contributed by atoms with Gasteiger partial charge < -0.3 is 5.32 Å². The maximum absolute atomic E-state index is 13.1. The van der Waals surface area contributed by atoms with Crippen LogP contribution >= 0.6 is 0 Å². The minimum Gasteiger partial charge on any atom is -0.333 e. The molecule has 0 spiro atoms. The number of urea groups is 1. The van der Waals surface area contributed by atoms with Gasteiger partial charge in [0.2, 0.25) is 0 Å². The quantitative estimate of drug-likeness (QED) is 0.612. The van der Waals surface area contributed by atoms with Crippen LogP contribution in [0.25, 0.3) is 5.69 Å². The molecule has 0 saturated carbocycles. The highest BCUT2D eigenvalue weighted by Crippen LogP contribution is 2.31. The van der Waals surface area contributed by atoms with Crippen molar-refractivity contribution in [3.8, 4) is 11.8 Å². The maximum Gasteiger partial charge on any atom is 0.320 e. The predicted molar refractivity (Wildman–Crippen MR) is 123 cm³/mol. The Bertz CT molecular complexity index is 1130. The van der Waals surface area contributed by atoms with Crippen molar-refractivity contribution in [2.45, 2.75) is 31.2 Å². The van der Waals surface area contributed by atoms with E-state index in [0.717, 1.165) is 48.6 Å². The topological polar surface area (TPSA) is 86.0 Å². The molecule has 2 atom stereocenters. The molecule has 5 rings (SSSR count). The third-order valence-electron chi connectivity index (χ3n) is 6.37. The van der Waals surface area contributed by atoms with Crippen LogP contribution in [0.1, 0.15) is 29.2 Å². The average molecular weight is 427 g/mol. The van der Waals surface area contributed by atoms with Gasteiger partial charge >= 0.3 is 6.03 Å². The first kappa shape index (κ1) is 20.3. The Hall–Kier alpha value is -3.63. The molecule has 2 aliphatic rings. The highest BCUT2D eigenvalue weighted by Gasteiger charge is 2.35. The zero-order valence-corrected chi connectivity index (χ0v) is 17.9. The van der Waals surface area contributed by atoms with E-state index < -0.39 is 0 Å². The van der Waals surface area contributed by atoms with Gasteiger partial charge in [-0.25, -0.2) is 9.48 Å². The first-order chi connectivity index (χ1) is 15.7. The van der Waals surface area contributed by atoms with Gasteiger partial charge in [-0.1, -0.05) is 48.5 Å². The van der Waals surface area contributed by atoms with Crippen molar-refractivity contribution in [1.29, 1.82) is 5.26 Å².